The number of aliphatic hydroxyl groups is 1. The summed E-state index contributed by atoms with van der Waals surface area (Å²) in [6.45, 7) is 8.35. The molecule has 0 heterocycles. The van der Waals surface area contributed by atoms with Gasteiger partial charge in [-0.2, -0.15) is 0 Å². The highest BCUT2D eigenvalue weighted by molar-refractivity contribution is 5.54. The van der Waals surface area contributed by atoms with Crippen LogP contribution in [0.1, 0.15) is 18.1 Å². The van der Waals surface area contributed by atoms with E-state index in [1.165, 1.54) is 16.8 Å². The number of methoxy groups -OCH3 is 1. The summed E-state index contributed by atoms with van der Waals surface area (Å²) in [4.78, 5) is 2.16. The van der Waals surface area contributed by atoms with Crippen LogP contribution in [0.15, 0.2) is 18.2 Å². The number of anilines is 1. The Labute approximate surface area is 116 Å². The van der Waals surface area contributed by atoms with Gasteiger partial charge in [-0.25, -0.2) is 0 Å². The quantitative estimate of drug-likeness (QED) is 0.712. The SMILES string of the molecule is CCNCc1ccc(N(CCO)CCOC)c(C)c1. The Hall–Kier alpha value is -1.10. The van der Waals surface area contributed by atoms with E-state index < -0.39 is 0 Å². The van der Waals surface area contributed by atoms with E-state index in [1.54, 1.807) is 7.11 Å². The van der Waals surface area contributed by atoms with E-state index in [2.05, 4.69) is 42.3 Å². The maximum Gasteiger partial charge on any atom is 0.0637 e. The summed E-state index contributed by atoms with van der Waals surface area (Å²) in [6, 6.07) is 6.48. The van der Waals surface area contributed by atoms with Crippen molar-refractivity contribution in [3.05, 3.63) is 29.3 Å². The standard InChI is InChI=1S/C15H26N2O2/c1-4-16-12-14-5-6-15(13(2)11-14)17(7-9-18)8-10-19-3/h5-6,11,16,18H,4,7-10,12H2,1-3H3. The Bertz CT molecular complexity index is 369. The molecule has 2 N–H and O–H groups in total. The first-order valence-corrected chi connectivity index (χ1v) is 6.88. The number of hydrogen-bond donors (Lipinski definition) is 2. The number of rotatable bonds is 9. The number of aliphatic hydroxyl groups excluding tert-OH is 1. The summed E-state index contributed by atoms with van der Waals surface area (Å²) in [5.41, 5.74) is 3.70. The number of nitrogens with one attached hydrogen (secondary N) is 1. The molecule has 0 fully saturated rings. The molecule has 19 heavy (non-hydrogen) atoms. The maximum atomic E-state index is 9.17. The zero-order chi connectivity index (χ0) is 14.1. The zero-order valence-corrected chi connectivity index (χ0v) is 12.3. The Morgan fingerprint density at radius 1 is 1.32 bits per heavy atom. The number of aryl methyl sites for hydroxylation is 1. The van der Waals surface area contributed by atoms with Gasteiger partial charge in [0, 0.05) is 32.4 Å². The van der Waals surface area contributed by atoms with Crippen LogP contribution in [0.25, 0.3) is 0 Å². The Morgan fingerprint density at radius 3 is 2.68 bits per heavy atom. The minimum absolute atomic E-state index is 0.155. The summed E-state index contributed by atoms with van der Waals surface area (Å²) in [7, 11) is 1.70. The molecule has 1 aromatic carbocycles. The van der Waals surface area contributed by atoms with Crippen LogP contribution in [-0.2, 0) is 11.3 Å². The maximum absolute atomic E-state index is 9.17. The fourth-order valence-electron chi connectivity index (χ4n) is 2.13. The van der Waals surface area contributed by atoms with Gasteiger partial charge in [0.15, 0.2) is 0 Å². The smallest absolute Gasteiger partial charge is 0.0637 e. The third-order valence-corrected chi connectivity index (χ3v) is 3.12. The molecule has 0 saturated heterocycles. The molecule has 0 unspecified atom stereocenters. The first-order valence-electron chi connectivity index (χ1n) is 6.88. The molecule has 0 atom stereocenters. The third kappa shape index (κ3) is 5.19. The number of nitrogens with zero attached hydrogens (tertiary/aromatic N) is 1. The van der Waals surface area contributed by atoms with Crippen LogP contribution in [0.2, 0.25) is 0 Å². The van der Waals surface area contributed by atoms with Crippen molar-refractivity contribution in [2.45, 2.75) is 20.4 Å². The van der Waals surface area contributed by atoms with Crippen LogP contribution in [0, 0.1) is 6.92 Å². The molecule has 0 amide bonds. The van der Waals surface area contributed by atoms with Gasteiger partial charge in [-0.3, -0.25) is 0 Å². The predicted molar refractivity (Wildman–Crippen MR) is 79.7 cm³/mol. The van der Waals surface area contributed by atoms with Gasteiger partial charge >= 0.3 is 0 Å². The van der Waals surface area contributed by atoms with E-state index >= 15 is 0 Å². The molecule has 0 aliphatic rings. The van der Waals surface area contributed by atoms with Crippen LogP contribution < -0.4 is 10.2 Å². The van der Waals surface area contributed by atoms with Gasteiger partial charge < -0.3 is 20.1 Å². The van der Waals surface area contributed by atoms with Crippen LogP contribution in [-0.4, -0.2) is 45.1 Å². The molecular weight excluding hydrogens is 240 g/mol. The highest BCUT2D eigenvalue weighted by atomic mass is 16.5. The molecule has 0 bridgehead atoms. The Morgan fingerprint density at radius 2 is 2.11 bits per heavy atom. The van der Waals surface area contributed by atoms with Crippen molar-refractivity contribution in [3.63, 3.8) is 0 Å². The molecule has 0 aliphatic carbocycles. The molecule has 1 aromatic rings. The first-order chi connectivity index (χ1) is 9.22. The highest BCUT2D eigenvalue weighted by Crippen LogP contribution is 2.21. The highest BCUT2D eigenvalue weighted by Gasteiger charge is 2.09. The van der Waals surface area contributed by atoms with Gasteiger partial charge in [-0.15, -0.1) is 0 Å². The summed E-state index contributed by atoms with van der Waals surface area (Å²) in [6.07, 6.45) is 0. The number of benzene rings is 1. The fourth-order valence-corrected chi connectivity index (χ4v) is 2.13. The van der Waals surface area contributed by atoms with E-state index in [1.807, 2.05) is 0 Å². The normalized spacial score (nSPS) is 10.7. The Kier molecular flexibility index (Phi) is 7.48. The van der Waals surface area contributed by atoms with Crippen LogP contribution in [0.5, 0.6) is 0 Å². The lowest BCUT2D eigenvalue weighted by Crippen LogP contribution is -2.30. The molecular formula is C15H26N2O2. The lowest BCUT2D eigenvalue weighted by molar-refractivity contribution is 0.203. The van der Waals surface area contributed by atoms with Crippen molar-refractivity contribution in [3.8, 4) is 0 Å². The monoisotopic (exact) mass is 266 g/mol. The second-order valence-electron chi connectivity index (χ2n) is 4.60. The second-order valence-corrected chi connectivity index (χ2v) is 4.60. The van der Waals surface area contributed by atoms with Crippen LogP contribution in [0.3, 0.4) is 0 Å². The summed E-state index contributed by atoms with van der Waals surface area (Å²) in [5, 5.41) is 12.5. The third-order valence-electron chi connectivity index (χ3n) is 3.12. The van der Waals surface area contributed by atoms with Crippen molar-refractivity contribution in [2.24, 2.45) is 0 Å². The van der Waals surface area contributed by atoms with Gasteiger partial charge in [-0.1, -0.05) is 19.1 Å². The van der Waals surface area contributed by atoms with E-state index in [-0.39, 0.29) is 6.61 Å². The molecule has 0 aromatic heterocycles. The summed E-state index contributed by atoms with van der Waals surface area (Å²) < 4.78 is 5.12. The van der Waals surface area contributed by atoms with Gasteiger partial charge in [0.25, 0.3) is 0 Å². The summed E-state index contributed by atoms with van der Waals surface area (Å²) >= 11 is 0. The van der Waals surface area contributed by atoms with Crippen molar-refractivity contribution in [1.82, 2.24) is 5.32 Å². The molecule has 108 valence electrons. The largest absolute Gasteiger partial charge is 0.395 e. The molecule has 1 rings (SSSR count). The van der Waals surface area contributed by atoms with E-state index in [4.69, 9.17) is 9.84 Å². The van der Waals surface area contributed by atoms with E-state index in [9.17, 15) is 0 Å². The molecule has 4 nitrogen and oxygen atoms in total. The summed E-state index contributed by atoms with van der Waals surface area (Å²) in [5.74, 6) is 0. The topological polar surface area (TPSA) is 44.7 Å². The average Bonchev–Trinajstić information content (AvgIpc) is 2.41. The van der Waals surface area contributed by atoms with Crippen LogP contribution >= 0.6 is 0 Å². The van der Waals surface area contributed by atoms with Crippen molar-refractivity contribution in [1.29, 1.82) is 0 Å². The van der Waals surface area contributed by atoms with Gasteiger partial charge in [0.1, 0.15) is 0 Å². The lowest BCUT2D eigenvalue weighted by Gasteiger charge is -2.25. The molecule has 0 saturated carbocycles. The zero-order valence-electron chi connectivity index (χ0n) is 12.3. The molecule has 0 radical (unpaired) electrons. The Balaban J connectivity index is 2.78. The van der Waals surface area contributed by atoms with Gasteiger partial charge in [-0.05, 0) is 30.7 Å². The lowest BCUT2D eigenvalue weighted by atomic mass is 10.1. The van der Waals surface area contributed by atoms with Crippen LogP contribution in [0.4, 0.5) is 5.69 Å². The minimum Gasteiger partial charge on any atom is -0.395 e. The molecule has 0 aliphatic heterocycles. The van der Waals surface area contributed by atoms with Crippen molar-refractivity contribution in [2.75, 3.05) is 44.9 Å². The average molecular weight is 266 g/mol. The van der Waals surface area contributed by atoms with E-state index in [0.717, 1.165) is 19.6 Å². The first kappa shape index (κ1) is 16.0. The second kappa shape index (κ2) is 8.91. The molecule has 0 spiro atoms. The predicted octanol–water partition coefficient (Wildman–Crippen LogP) is 1.55. The number of ether oxygens (including phenoxy) is 1. The van der Waals surface area contributed by atoms with Crippen molar-refractivity contribution >= 4 is 5.69 Å². The van der Waals surface area contributed by atoms with Gasteiger partial charge in [0.05, 0.1) is 13.2 Å². The fraction of sp³-hybridized carbons (Fsp3) is 0.600. The molecule has 4 heteroatoms. The van der Waals surface area contributed by atoms with E-state index in [0.29, 0.717) is 13.2 Å². The minimum atomic E-state index is 0.155. The van der Waals surface area contributed by atoms with Crippen molar-refractivity contribution < 1.29 is 9.84 Å². The number of hydrogen-bond acceptors (Lipinski definition) is 4. The van der Waals surface area contributed by atoms with Gasteiger partial charge in [0.2, 0.25) is 0 Å².